The molecule has 0 aliphatic heterocycles. The zero-order valence-corrected chi connectivity index (χ0v) is 12.3. The topological polar surface area (TPSA) is 52.9 Å². The van der Waals surface area contributed by atoms with Gasteiger partial charge in [0, 0.05) is 12.1 Å². The summed E-state index contributed by atoms with van der Waals surface area (Å²) in [7, 11) is 3.55. The number of likely N-dealkylation sites (N-methyl/N-ethyl adjacent to an activating group) is 1. The highest BCUT2D eigenvalue weighted by atomic mass is 16.5. The van der Waals surface area contributed by atoms with Crippen molar-refractivity contribution in [2.45, 2.75) is 32.4 Å². The van der Waals surface area contributed by atoms with Gasteiger partial charge < -0.3 is 14.9 Å². The van der Waals surface area contributed by atoms with Crippen LogP contribution in [0.2, 0.25) is 0 Å². The van der Waals surface area contributed by atoms with Crippen LogP contribution in [0.3, 0.4) is 0 Å². The van der Waals surface area contributed by atoms with Gasteiger partial charge in [-0.15, -0.1) is 0 Å². The monoisotopic (exact) mass is 267 g/mol. The molecule has 4 heteroatoms. The standard InChI is InChI=1S/C15H25NO3/c1-11(2)12-5-6-13(15(7-12)19-4)8-16(3)14(9-17)10-18/h5-7,11,14,17-18H,8-10H2,1-4H3. The number of rotatable bonds is 7. The largest absolute Gasteiger partial charge is 0.496 e. The molecule has 1 rings (SSSR count). The fourth-order valence-corrected chi connectivity index (χ4v) is 1.99. The predicted molar refractivity (Wildman–Crippen MR) is 76.5 cm³/mol. The SMILES string of the molecule is COc1cc(C(C)C)ccc1CN(C)C(CO)CO. The molecule has 0 radical (unpaired) electrons. The molecule has 0 aliphatic carbocycles. The summed E-state index contributed by atoms with van der Waals surface area (Å²) in [6.07, 6.45) is 0. The second-order valence-electron chi connectivity index (χ2n) is 5.16. The highest BCUT2D eigenvalue weighted by Gasteiger charge is 2.15. The van der Waals surface area contributed by atoms with Gasteiger partial charge in [-0.1, -0.05) is 26.0 Å². The normalized spacial score (nSPS) is 11.6. The molecule has 0 saturated carbocycles. The highest BCUT2D eigenvalue weighted by Crippen LogP contribution is 2.25. The van der Waals surface area contributed by atoms with Crippen molar-refractivity contribution in [2.24, 2.45) is 0 Å². The van der Waals surface area contributed by atoms with E-state index in [1.165, 1.54) is 5.56 Å². The minimum Gasteiger partial charge on any atom is -0.496 e. The molecule has 108 valence electrons. The zero-order chi connectivity index (χ0) is 14.4. The number of benzene rings is 1. The Morgan fingerprint density at radius 1 is 1.21 bits per heavy atom. The maximum atomic E-state index is 9.18. The van der Waals surface area contributed by atoms with Crippen LogP contribution >= 0.6 is 0 Å². The molecule has 0 saturated heterocycles. The maximum Gasteiger partial charge on any atom is 0.123 e. The average Bonchev–Trinajstić information content (AvgIpc) is 2.40. The van der Waals surface area contributed by atoms with E-state index in [1.54, 1.807) is 7.11 Å². The van der Waals surface area contributed by atoms with Crippen molar-refractivity contribution in [1.29, 1.82) is 0 Å². The third-order valence-electron chi connectivity index (χ3n) is 3.44. The number of aliphatic hydroxyl groups is 2. The summed E-state index contributed by atoms with van der Waals surface area (Å²) in [5, 5.41) is 18.4. The van der Waals surface area contributed by atoms with E-state index in [0.717, 1.165) is 11.3 Å². The molecule has 0 unspecified atom stereocenters. The Bertz CT molecular complexity index is 389. The van der Waals surface area contributed by atoms with E-state index in [1.807, 2.05) is 11.9 Å². The van der Waals surface area contributed by atoms with Gasteiger partial charge in [-0.25, -0.2) is 0 Å². The van der Waals surface area contributed by atoms with Gasteiger partial charge in [-0.05, 0) is 24.6 Å². The van der Waals surface area contributed by atoms with E-state index in [2.05, 4.69) is 32.0 Å². The van der Waals surface area contributed by atoms with Crippen molar-refractivity contribution in [1.82, 2.24) is 4.90 Å². The van der Waals surface area contributed by atoms with Crippen molar-refractivity contribution in [3.63, 3.8) is 0 Å². The quantitative estimate of drug-likeness (QED) is 0.788. The lowest BCUT2D eigenvalue weighted by Gasteiger charge is -2.25. The van der Waals surface area contributed by atoms with Crippen LogP contribution in [0.25, 0.3) is 0 Å². The summed E-state index contributed by atoms with van der Waals surface area (Å²) in [5.74, 6) is 1.32. The summed E-state index contributed by atoms with van der Waals surface area (Å²) >= 11 is 0. The fraction of sp³-hybridized carbons (Fsp3) is 0.600. The molecule has 2 N–H and O–H groups in total. The minimum absolute atomic E-state index is 0.0562. The lowest BCUT2D eigenvalue weighted by molar-refractivity contribution is 0.0868. The molecule has 0 spiro atoms. The Morgan fingerprint density at radius 2 is 1.84 bits per heavy atom. The first-order valence-corrected chi connectivity index (χ1v) is 6.62. The number of ether oxygens (including phenoxy) is 1. The van der Waals surface area contributed by atoms with E-state index in [-0.39, 0.29) is 19.3 Å². The summed E-state index contributed by atoms with van der Waals surface area (Å²) in [6, 6.07) is 5.97. The van der Waals surface area contributed by atoms with Crippen molar-refractivity contribution in [2.75, 3.05) is 27.4 Å². The highest BCUT2D eigenvalue weighted by molar-refractivity contribution is 5.38. The van der Waals surface area contributed by atoms with E-state index < -0.39 is 0 Å². The van der Waals surface area contributed by atoms with E-state index in [9.17, 15) is 10.2 Å². The Labute approximate surface area is 115 Å². The summed E-state index contributed by atoms with van der Waals surface area (Å²) in [4.78, 5) is 1.92. The fourth-order valence-electron chi connectivity index (χ4n) is 1.99. The minimum atomic E-state index is -0.241. The van der Waals surface area contributed by atoms with Crippen molar-refractivity contribution >= 4 is 0 Å². The molecule has 0 aliphatic rings. The third kappa shape index (κ3) is 4.20. The molecule has 1 aromatic rings. The molecule has 0 amide bonds. The Morgan fingerprint density at radius 3 is 2.32 bits per heavy atom. The van der Waals surface area contributed by atoms with Gasteiger partial charge in [0.2, 0.25) is 0 Å². The van der Waals surface area contributed by atoms with Gasteiger partial charge in [0.1, 0.15) is 5.75 Å². The Balaban J connectivity index is 2.88. The molecule has 0 atom stereocenters. The van der Waals surface area contributed by atoms with Crippen LogP contribution in [-0.4, -0.2) is 48.5 Å². The molecular formula is C15H25NO3. The smallest absolute Gasteiger partial charge is 0.123 e. The van der Waals surface area contributed by atoms with Crippen LogP contribution in [0.4, 0.5) is 0 Å². The zero-order valence-electron chi connectivity index (χ0n) is 12.3. The number of nitrogens with zero attached hydrogens (tertiary/aromatic N) is 1. The first kappa shape index (κ1) is 16.0. The molecule has 0 aromatic heterocycles. The van der Waals surface area contributed by atoms with E-state index >= 15 is 0 Å². The van der Waals surface area contributed by atoms with Crippen molar-refractivity contribution in [3.05, 3.63) is 29.3 Å². The van der Waals surface area contributed by atoms with E-state index in [0.29, 0.717) is 12.5 Å². The van der Waals surface area contributed by atoms with Gasteiger partial charge >= 0.3 is 0 Å². The first-order chi connectivity index (χ1) is 9.03. The molecular weight excluding hydrogens is 242 g/mol. The van der Waals surface area contributed by atoms with Crippen molar-refractivity contribution < 1.29 is 14.9 Å². The number of aliphatic hydroxyl groups excluding tert-OH is 2. The van der Waals surface area contributed by atoms with E-state index in [4.69, 9.17) is 4.74 Å². The lowest BCUT2D eigenvalue weighted by Crippen LogP contribution is -2.37. The molecule has 0 heterocycles. The maximum absolute atomic E-state index is 9.18. The van der Waals surface area contributed by atoms with Crippen LogP contribution in [0.1, 0.15) is 30.9 Å². The Kier molecular flexibility index (Phi) is 6.28. The van der Waals surface area contributed by atoms with Gasteiger partial charge in [0.15, 0.2) is 0 Å². The van der Waals surface area contributed by atoms with Gasteiger partial charge in [-0.2, -0.15) is 0 Å². The third-order valence-corrected chi connectivity index (χ3v) is 3.44. The predicted octanol–water partition coefficient (Wildman–Crippen LogP) is 1.60. The molecule has 0 bridgehead atoms. The first-order valence-electron chi connectivity index (χ1n) is 6.62. The summed E-state index contributed by atoms with van der Waals surface area (Å²) in [6.45, 7) is 4.81. The van der Waals surface area contributed by atoms with Crippen molar-refractivity contribution in [3.8, 4) is 5.75 Å². The number of methoxy groups -OCH3 is 1. The summed E-state index contributed by atoms with van der Waals surface area (Å²) in [5.41, 5.74) is 2.30. The summed E-state index contributed by atoms with van der Waals surface area (Å²) < 4.78 is 5.43. The lowest BCUT2D eigenvalue weighted by atomic mass is 10.0. The van der Waals surface area contributed by atoms with Crippen LogP contribution in [0, 0.1) is 0 Å². The molecule has 19 heavy (non-hydrogen) atoms. The second-order valence-corrected chi connectivity index (χ2v) is 5.16. The Hall–Kier alpha value is -1.10. The number of hydrogen-bond donors (Lipinski definition) is 2. The average molecular weight is 267 g/mol. The second kappa shape index (κ2) is 7.48. The number of hydrogen-bond acceptors (Lipinski definition) is 4. The molecule has 4 nitrogen and oxygen atoms in total. The van der Waals surface area contributed by atoms with Gasteiger partial charge in [0.25, 0.3) is 0 Å². The van der Waals surface area contributed by atoms with Crippen LogP contribution < -0.4 is 4.74 Å². The van der Waals surface area contributed by atoms with Gasteiger partial charge in [-0.3, -0.25) is 4.90 Å². The van der Waals surface area contributed by atoms with Gasteiger partial charge in [0.05, 0.1) is 26.4 Å². The van der Waals surface area contributed by atoms with Crippen LogP contribution in [-0.2, 0) is 6.54 Å². The van der Waals surface area contributed by atoms with Crippen LogP contribution in [0.15, 0.2) is 18.2 Å². The molecule has 0 fully saturated rings. The molecule has 1 aromatic carbocycles. The van der Waals surface area contributed by atoms with Crippen LogP contribution in [0.5, 0.6) is 5.75 Å².